The molecular weight excluding hydrogens is 277 g/mol. The van der Waals surface area contributed by atoms with Crippen molar-refractivity contribution in [2.45, 2.75) is 12.6 Å². The number of carbonyl (C=O) groups is 1. The van der Waals surface area contributed by atoms with Gasteiger partial charge in [0.1, 0.15) is 0 Å². The SMILES string of the molecule is O=C(O)Cc1cccc(C(F)(F)F)c1Br. The third-order valence-electron chi connectivity index (χ3n) is 1.73. The highest BCUT2D eigenvalue weighted by molar-refractivity contribution is 9.10. The van der Waals surface area contributed by atoms with Gasteiger partial charge in [0.15, 0.2) is 0 Å². The molecule has 0 bridgehead atoms. The Balaban J connectivity index is 3.17. The van der Waals surface area contributed by atoms with Crippen LogP contribution in [0.5, 0.6) is 0 Å². The van der Waals surface area contributed by atoms with E-state index in [2.05, 4.69) is 15.9 Å². The van der Waals surface area contributed by atoms with E-state index in [-0.39, 0.29) is 10.0 Å². The summed E-state index contributed by atoms with van der Waals surface area (Å²) in [5.74, 6) is -1.17. The topological polar surface area (TPSA) is 37.3 Å². The van der Waals surface area contributed by atoms with E-state index in [4.69, 9.17) is 5.11 Å². The van der Waals surface area contributed by atoms with Crippen LogP contribution in [0, 0.1) is 0 Å². The van der Waals surface area contributed by atoms with Crippen LogP contribution in [0.1, 0.15) is 11.1 Å². The zero-order valence-electron chi connectivity index (χ0n) is 7.31. The summed E-state index contributed by atoms with van der Waals surface area (Å²) >= 11 is 2.76. The molecule has 0 amide bonds. The van der Waals surface area contributed by atoms with Crippen LogP contribution in [0.3, 0.4) is 0 Å². The Hall–Kier alpha value is -1.04. The van der Waals surface area contributed by atoms with E-state index in [1.807, 2.05) is 0 Å². The summed E-state index contributed by atoms with van der Waals surface area (Å²) in [6.45, 7) is 0. The molecule has 0 spiro atoms. The van der Waals surface area contributed by atoms with Crippen molar-refractivity contribution in [3.05, 3.63) is 33.8 Å². The molecule has 1 rings (SSSR count). The molecule has 1 aromatic carbocycles. The van der Waals surface area contributed by atoms with Gasteiger partial charge in [0.05, 0.1) is 12.0 Å². The summed E-state index contributed by atoms with van der Waals surface area (Å²) < 4.78 is 37.0. The second-order valence-corrected chi connectivity index (χ2v) is 3.64. The van der Waals surface area contributed by atoms with Crippen molar-refractivity contribution >= 4 is 21.9 Å². The van der Waals surface area contributed by atoms with Gasteiger partial charge in [-0.2, -0.15) is 13.2 Å². The van der Waals surface area contributed by atoms with E-state index in [0.717, 1.165) is 6.07 Å². The van der Waals surface area contributed by atoms with Crippen molar-refractivity contribution < 1.29 is 23.1 Å². The number of benzene rings is 1. The molecule has 0 aliphatic heterocycles. The van der Waals surface area contributed by atoms with Crippen molar-refractivity contribution in [3.63, 3.8) is 0 Å². The summed E-state index contributed by atoms with van der Waals surface area (Å²) in [5.41, 5.74) is -0.751. The van der Waals surface area contributed by atoms with Crippen LogP contribution in [0.15, 0.2) is 22.7 Å². The first-order valence-corrected chi connectivity index (χ1v) is 4.68. The van der Waals surface area contributed by atoms with Crippen molar-refractivity contribution in [3.8, 4) is 0 Å². The molecule has 0 fully saturated rings. The molecule has 0 aromatic heterocycles. The van der Waals surface area contributed by atoms with E-state index < -0.39 is 24.1 Å². The van der Waals surface area contributed by atoms with E-state index in [1.165, 1.54) is 12.1 Å². The lowest BCUT2D eigenvalue weighted by atomic mass is 10.1. The Morgan fingerprint density at radius 2 is 2.00 bits per heavy atom. The number of hydrogen-bond donors (Lipinski definition) is 1. The maximum Gasteiger partial charge on any atom is 0.417 e. The van der Waals surface area contributed by atoms with Crippen LogP contribution in [0.25, 0.3) is 0 Å². The average molecular weight is 283 g/mol. The molecule has 15 heavy (non-hydrogen) atoms. The van der Waals surface area contributed by atoms with E-state index in [9.17, 15) is 18.0 Å². The molecule has 0 heterocycles. The van der Waals surface area contributed by atoms with Gasteiger partial charge >= 0.3 is 12.1 Å². The predicted molar refractivity (Wildman–Crippen MR) is 50.5 cm³/mol. The molecule has 0 atom stereocenters. The van der Waals surface area contributed by atoms with Gasteiger partial charge in [-0.3, -0.25) is 4.79 Å². The highest BCUT2D eigenvalue weighted by Gasteiger charge is 2.33. The van der Waals surface area contributed by atoms with Gasteiger partial charge in [-0.15, -0.1) is 0 Å². The molecule has 6 heteroatoms. The molecule has 1 aromatic rings. The monoisotopic (exact) mass is 282 g/mol. The third-order valence-corrected chi connectivity index (χ3v) is 2.66. The summed E-state index contributed by atoms with van der Waals surface area (Å²) in [5, 5.41) is 8.48. The van der Waals surface area contributed by atoms with E-state index in [1.54, 1.807) is 0 Å². The Morgan fingerprint density at radius 1 is 1.40 bits per heavy atom. The van der Waals surface area contributed by atoms with Crippen molar-refractivity contribution in [1.29, 1.82) is 0 Å². The Bertz CT molecular complexity index is 387. The molecule has 82 valence electrons. The van der Waals surface area contributed by atoms with Crippen molar-refractivity contribution in [2.24, 2.45) is 0 Å². The fraction of sp³-hybridized carbons (Fsp3) is 0.222. The largest absolute Gasteiger partial charge is 0.481 e. The van der Waals surface area contributed by atoms with Gasteiger partial charge < -0.3 is 5.11 Å². The summed E-state index contributed by atoms with van der Waals surface area (Å²) in [6, 6.07) is 3.43. The number of hydrogen-bond acceptors (Lipinski definition) is 1. The highest BCUT2D eigenvalue weighted by atomic mass is 79.9. The third kappa shape index (κ3) is 2.95. The minimum atomic E-state index is -4.48. The lowest BCUT2D eigenvalue weighted by Crippen LogP contribution is -2.09. The summed E-state index contributed by atoms with van der Waals surface area (Å²) in [6.07, 6.45) is -4.92. The molecule has 0 saturated carbocycles. The first-order chi connectivity index (χ1) is 6.82. The maximum absolute atomic E-state index is 12.4. The lowest BCUT2D eigenvalue weighted by Gasteiger charge is -2.11. The minimum Gasteiger partial charge on any atom is -0.481 e. The fourth-order valence-corrected chi connectivity index (χ4v) is 1.73. The predicted octanol–water partition coefficient (Wildman–Crippen LogP) is 3.10. The van der Waals surface area contributed by atoms with Crippen LogP contribution in [-0.2, 0) is 17.4 Å². The number of rotatable bonds is 2. The normalized spacial score (nSPS) is 11.5. The zero-order chi connectivity index (χ0) is 11.6. The van der Waals surface area contributed by atoms with Crippen LogP contribution < -0.4 is 0 Å². The first kappa shape index (κ1) is 12.0. The summed E-state index contributed by atoms with van der Waals surface area (Å²) in [7, 11) is 0. The van der Waals surface area contributed by atoms with Gasteiger partial charge in [-0.25, -0.2) is 0 Å². The average Bonchev–Trinajstić information content (AvgIpc) is 2.05. The first-order valence-electron chi connectivity index (χ1n) is 3.88. The van der Waals surface area contributed by atoms with Crippen LogP contribution in [0.2, 0.25) is 0 Å². The van der Waals surface area contributed by atoms with Crippen LogP contribution >= 0.6 is 15.9 Å². The maximum atomic E-state index is 12.4. The Morgan fingerprint density at radius 3 is 2.47 bits per heavy atom. The fourth-order valence-electron chi connectivity index (χ4n) is 1.10. The quantitative estimate of drug-likeness (QED) is 0.905. The van der Waals surface area contributed by atoms with E-state index in [0.29, 0.717) is 0 Å². The Kier molecular flexibility index (Phi) is 3.38. The smallest absolute Gasteiger partial charge is 0.417 e. The zero-order valence-corrected chi connectivity index (χ0v) is 8.89. The van der Waals surface area contributed by atoms with Crippen LogP contribution in [-0.4, -0.2) is 11.1 Å². The van der Waals surface area contributed by atoms with Crippen LogP contribution in [0.4, 0.5) is 13.2 Å². The molecule has 0 aliphatic rings. The second-order valence-electron chi connectivity index (χ2n) is 2.85. The molecule has 0 aliphatic carbocycles. The standard InChI is InChI=1S/C9H6BrF3O2/c10-8-5(4-7(14)15)2-1-3-6(8)9(11,12)13/h1-3H,4H2,(H,14,15). The van der Waals surface area contributed by atoms with E-state index >= 15 is 0 Å². The summed E-state index contributed by atoms with van der Waals surface area (Å²) in [4.78, 5) is 10.4. The number of carboxylic acids is 1. The van der Waals surface area contributed by atoms with Gasteiger partial charge in [-0.1, -0.05) is 12.1 Å². The number of alkyl halides is 3. The number of carboxylic acid groups (broad SMARTS) is 1. The van der Waals surface area contributed by atoms with Gasteiger partial charge in [-0.05, 0) is 27.6 Å². The van der Waals surface area contributed by atoms with Gasteiger partial charge in [0, 0.05) is 4.47 Å². The molecule has 0 saturated heterocycles. The van der Waals surface area contributed by atoms with Crippen molar-refractivity contribution in [1.82, 2.24) is 0 Å². The van der Waals surface area contributed by atoms with Gasteiger partial charge in [0.25, 0.3) is 0 Å². The number of halogens is 4. The second kappa shape index (κ2) is 4.22. The number of aliphatic carboxylic acids is 1. The molecule has 0 radical (unpaired) electrons. The molecule has 0 unspecified atom stereocenters. The van der Waals surface area contributed by atoms with Crippen molar-refractivity contribution in [2.75, 3.05) is 0 Å². The highest BCUT2D eigenvalue weighted by Crippen LogP contribution is 2.36. The lowest BCUT2D eigenvalue weighted by molar-refractivity contribution is -0.139. The Labute approximate surface area is 91.8 Å². The van der Waals surface area contributed by atoms with Gasteiger partial charge in [0.2, 0.25) is 0 Å². The molecule has 2 nitrogen and oxygen atoms in total. The molecule has 1 N–H and O–H groups in total. The molecular formula is C9H6BrF3O2. The minimum absolute atomic E-state index is 0.109.